The van der Waals surface area contributed by atoms with E-state index in [1.165, 1.54) is 10.9 Å². The number of nitrogens with one attached hydrogen (secondary N) is 2. The molecular weight excluding hydrogens is 491 g/mol. The van der Waals surface area contributed by atoms with Crippen LogP contribution in [0.15, 0.2) is 46.0 Å². The maximum Gasteiger partial charge on any atom is 0.226 e. The third-order valence-corrected chi connectivity index (χ3v) is 4.71. The molecule has 0 aliphatic heterocycles. The number of fused-ring (bicyclic) bond motifs is 1. The Morgan fingerprint density at radius 2 is 2.00 bits per heavy atom. The van der Waals surface area contributed by atoms with Gasteiger partial charge in [-0.3, -0.25) is 4.99 Å². The van der Waals surface area contributed by atoms with Crippen molar-refractivity contribution >= 4 is 40.8 Å². The van der Waals surface area contributed by atoms with Crippen LogP contribution in [0.2, 0.25) is 0 Å². The summed E-state index contributed by atoms with van der Waals surface area (Å²) in [6, 6.07) is 10.6. The highest BCUT2D eigenvalue weighted by Crippen LogP contribution is 2.15. The molecule has 0 bridgehead atoms. The van der Waals surface area contributed by atoms with E-state index < -0.39 is 0 Å². The van der Waals surface area contributed by atoms with Gasteiger partial charge in [0.25, 0.3) is 0 Å². The predicted octanol–water partition coefficient (Wildman–Crippen LogP) is 4.34. The van der Waals surface area contributed by atoms with Crippen LogP contribution in [0.3, 0.4) is 0 Å². The van der Waals surface area contributed by atoms with Crippen molar-refractivity contribution in [3.63, 3.8) is 0 Å². The van der Waals surface area contributed by atoms with Crippen molar-refractivity contribution < 1.29 is 4.52 Å². The Hall–Kier alpha value is -2.10. The topological polar surface area (TPSA) is 80.3 Å². The molecule has 0 saturated carbocycles. The van der Waals surface area contributed by atoms with Crippen molar-refractivity contribution in [3.05, 3.63) is 48.2 Å². The fourth-order valence-electron chi connectivity index (χ4n) is 3.16. The summed E-state index contributed by atoms with van der Waals surface area (Å²) in [5.41, 5.74) is 1.28. The quantitative estimate of drug-likeness (QED) is 0.179. The molecule has 3 rings (SSSR count). The van der Waals surface area contributed by atoms with Gasteiger partial charge in [-0.05, 0) is 37.3 Å². The average molecular weight is 524 g/mol. The summed E-state index contributed by atoms with van der Waals surface area (Å²) in [5, 5.41) is 12.0. The third-order valence-electron chi connectivity index (χ3n) is 4.71. The summed E-state index contributed by atoms with van der Waals surface area (Å²) in [7, 11) is 0. The lowest BCUT2D eigenvalue weighted by atomic mass is 10.2. The Labute approximate surface area is 195 Å². The van der Waals surface area contributed by atoms with Crippen LogP contribution in [0.1, 0.15) is 51.2 Å². The Morgan fingerprint density at radius 3 is 2.77 bits per heavy atom. The SMILES string of the molecule is CCNC(=NCCCn1ccc2ccccc21)NCCCc1nc(C(C)C)no1.I. The summed E-state index contributed by atoms with van der Waals surface area (Å²) in [4.78, 5) is 9.11. The number of hydrogen-bond donors (Lipinski definition) is 2. The van der Waals surface area contributed by atoms with Gasteiger partial charge in [0, 0.05) is 50.2 Å². The zero-order valence-corrected chi connectivity index (χ0v) is 20.4. The van der Waals surface area contributed by atoms with Gasteiger partial charge in [-0.1, -0.05) is 37.2 Å². The molecule has 1 aromatic carbocycles. The molecule has 0 aliphatic carbocycles. The largest absolute Gasteiger partial charge is 0.357 e. The van der Waals surface area contributed by atoms with Gasteiger partial charge in [-0.25, -0.2) is 0 Å². The summed E-state index contributed by atoms with van der Waals surface area (Å²) >= 11 is 0. The first kappa shape index (κ1) is 24.2. The van der Waals surface area contributed by atoms with Crippen LogP contribution < -0.4 is 10.6 Å². The lowest BCUT2D eigenvalue weighted by molar-refractivity contribution is 0.368. The van der Waals surface area contributed by atoms with Crippen molar-refractivity contribution in [2.75, 3.05) is 19.6 Å². The molecule has 2 heterocycles. The molecule has 0 spiro atoms. The summed E-state index contributed by atoms with van der Waals surface area (Å²) in [5.74, 6) is 2.63. The fourth-order valence-corrected chi connectivity index (χ4v) is 3.16. The van der Waals surface area contributed by atoms with Crippen molar-refractivity contribution in [2.24, 2.45) is 4.99 Å². The zero-order valence-electron chi connectivity index (χ0n) is 18.1. The fraction of sp³-hybridized carbons (Fsp3) is 0.500. The van der Waals surface area contributed by atoms with E-state index in [9.17, 15) is 0 Å². The summed E-state index contributed by atoms with van der Waals surface area (Å²) in [6.07, 6.45) is 4.83. The van der Waals surface area contributed by atoms with Gasteiger partial charge in [0.15, 0.2) is 11.8 Å². The van der Waals surface area contributed by atoms with Crippen LogP contribution in [0.5, 0.6) is 0 Å². The van der Waals surface area contributed by atoms with Crippen molar-refractivity contribution in [1.82, 2.24) is 25.3 Å². The van der Waals surface area contributed by atoms with Gasteiger partial charge in [0.05, 0.1) is 0 Å². The first-order valence-electron chi connectivity index (χ1n) is 10.6. The molecule has 8 heteroatoms. The van der Waals surface area contributed by atoms with Gasteiger partial charge in [-0.2, -0.15) is 4.98 Å². The summed E-state index contributed by atoms with van der Waals surface area (Å²) < 4.78 is 7.58. The minimum atomic E-state index is 0. The Morgan fingerprint density at radius 1 is 1.17 bits per heavy atom. The number of hydrogen-bond acceptors (Lipinski definition) is 4. The molecule has 0 aliphatic rings. The predicted molar refractivity (Wildman–Crippen MR) is 133 cm³/mol. The second kappa shape index (κ2) is 12.6. The van der Waals surface area contributed by atoms with Crippen LogP contribution in [0, 0.1) is 0 Å². The van der Waals surface area contributed by atoms with Gasteiger partial charge < -0.3 is 19.7 Å². The van der Waals surface area contributed by atoms with Crippen LogP contribution >= 0.6 is 24.0 Å². The molecule has 0 unspecified atom stereocenters. The number of aromatic nitrogens is 3. The Balaban J connectivity index is 0.00000320. The first-order valence-corrected chi connectivity index (χ1v) is 10.6. The molecule has 30 heavy (non-hydrogen) atoms. The Bertz CT molecular complexity index is 917. The normalized spacial score (nSPS) is 11.7. The molecule has 3 aromatic rings. The Kier molecular flexibility index (Phi) is 10.1. The number of aliphatic imine (C=N–C) groups is 1. The van der Waals surface area contributed by atoms with E-state index in [1.54, 1.807) is 0 Å². The average Bonchev–Trinajstić information content (AvgIpc) is 3.36. The van der Waals surface area contributed by atoms with Crippen LogP contribution in [-0.2, 0) is 13.0 Å². The number of benzene rings is 1. The highest BCUT2D eigenvalue weighted by atomic mass is 127. The molecule has 0 fully saturated rings. The van der Waals surface area contributed by atoms with Gasteiger partial charge in [0.2, 0.25) is 5.89 Å². The van der Waals surface area contributed by atoms with Crippen LogP contribution in [-0.4, -0.2) is 40.3 Å². The number of aryl methyl sites for hydroxylation is 2. The van der Waals surface area contributed by atoms with Gasteiger partial charge in [0.1, 0.15) is 0 Å². The number of rotatable bonds is 10. The molecule has 164 valence electrons. The second-order valence-corrected chi connectivity index (χ2v) is 7.41. The smallest absolute Gasteiger partial charge is 0.226 e. The van der Waals surface area contributed by atoms with E-state index in [2.05, 4.69) is 82.6 Å². The highest BCUT2D eigenvalue weighted by molar-refractivity contribution is 14.0. The number of para-hydroxylation sites is 1. The number of nitrogens with zero attached hydrogens (tertiary/aromatic N) is 4. The molecule has 0 atom stereocenters. The van der Waals surface area contributed by atoms with E-state index in [0.717, 1.165) is 57.2 Å². The first-order chi connectivity index (χ1) is 14.2. The lowest BCUT2D eigenvalue weighted by Gasteiger charge is -2.11. The molecule has 7 nitrogen and oxygen atoms in total. The minimum Gasteiger partial charge on any atom is -0.357 e. The summed E-state index contributed by atoms with van der Waals surface area (Å²) in [6.45, 7) is 9.61. The number of guanidine groups is 1. The monoisotopic (exact) mass is 524 g/mol. The van der Waals surface area contributed by atoms with Crippen LogP contribution in [0.25, 0.3) is 10.9 Å². The highest BCUT2D eigenvalue weighted by Gasteiger charge is 2.09. The molecule has 2 N–H and O–H groups in total. The third kappa shape index (κ3) is 7.00. The van der Waals surface area contributed by atoms with Gasteiger partial charge in [-0.15, -0.1) is 24.0 Å². The van der Waals surface area contributed by atoms with Crippen LogP contribution in [0.4, 0.5) is 0 Å². The van der Waals surface area contributed by atoms with E-state index in [-0.39, 0.29) is 24.0 Å². The maximum absolute atomic E-state index is 5.29. The van der Waals surface area contributed by atoms with Crippen molar-refractivity contribution in [1.29, 1.82) is 0 Å². The zero-order chi connectivity index (χ0) is 20.5. The molecule has 0 amide bonds. The molecule has 2 aromatic heterocycles. The minimum absolute atomic E-state index is 0. The maximum atomic E-state index is 5.29. The lowest BCUT2D eigenvalue weighted by Crippen LogP contribution is -2.38. The van der Waals surface area contributed by atoms with E-state index in [4.69, 9.17) is 9.52 Å². The molecule has 0 radical (unpaired) electrons. The van der Waals surface area contributed by atoms with E-state index >= 15 is 0 Å². The number of halogens is 1. The van der Waals surface area contributed by atoms with E-state index in [0.29, 0.717) is 11.8 Å². The van der Waals surface area contributed by atoms with Crippen molar-refractivity contribution in [2.45, 2.75) is 52.5 Å². The molecule has 0 saturated heterocycles. The second-order valence-electron chi connectivity index (χ2n) is 7.41. The standard InChI is InChI=1S/C22H32N6O.HI/c1-4-23-22(24-13-7-11-20-26-21(17(2)3)27-29-20)25-14-8-15-28-16-12-18-9-5-6-10-19(18)28;/h5-6,9-10,12,16-17H,4,7-8,11,13-15H2,1-3H3,(H2,23,24,25);1H. The van der Waals surface area contributed by atoms with E-state index in [1.807, 2.05) is 0 Å². The van der Waals surface area contributed by atoms with Gasteiger partial charge >= 0.3 is 0 Å². The molecular formula is C22H33IN6O. The van der Waals surface area contributed by atoms with Crippen molar-refractivity contribution in [3.8, 4) is 0 Å².